The van der Waals surface area contributed by atoms with Crippen LogP contribution in [0.15, 0.2) is 18.2 Å². The molecule has 1 aromatic rings. The maximum absolute atomic E-state index is 12.6. The summed E-state index contributed by atoms with van der Waals surface area (Å²) in [5.74, 6) is 1.16. The summed E-state index contributed by atoms with van der Waals surface area (Å²) >= 11 is 0. The molecule has 0 spiro atoms. The van der Waals surface area contributed by atoms with E-state index in [2.05, 4.69) is 0 Å². The lowest BCUT2D eigenvalue weighted by Crippen LogP contribution is -2.34. The molecule has 102 valence electrons. The van der Waals surface area contributed by atoms with E-state index in [-0.39, 0.29) is 17.7 Å². The van der Waals surface area contributed by atoms with Crippen LogP contribution in [0.25, 0.3) is 0 Å². The van der Waals surface area contributed by atoms with Crippen LogP contribution < -0.4 is 10.5 Å². The van der Waals surface area contributed by atoms with E-state index in [0.29, 0.717) is 0 Å². The van der Waals surface area contributed by atoms with Gasteiger partial charge in [0.05, 0.1) is 6.61 Å². The number of rotatable bonds is 2. The minimum atomic E-state index is 0.00266. The third-order valence-electron chi connectivity index (χ3n) is 4.38. The number of ketones is 1. The molecule has 0 saturated heterocycles. The number of ether oxygens (including phenoxy) is 1. The number of nitrogens with two attached hydrogens (primary N) is 1. The van der Waals surface area contributed by atoms with Crippen molar-refractivity contribution in [2.45, 2.75) is 44.6 Å². The van der Waals surface area contributed by atoms with Crippen molar-refractivity contribution in [2.75, 3.05) is 6.61 Å². The smallest absolute Gasteiger partial charge is 0.167 e. The summed E-state index contributed by atoms with van der Waals surface area (Å²) in [5, 5.41) is 0. The first-order chi connectivity index (χ1) is 9.25. The van der Waals surface area contributed by atoms with E-state index in [1.54, 1.807) is 0 Å². The van der Waals surface area contributed by atoms with Crippen molar-refractivity contribution in [2.24, 2.45) is 11.7 Å². The molecular formula is C16H21NO2. The Balaban J connectivity index is 1.82. The Kier molecular flexibility index (Phi) is 3.56. The summed E-state index contributed by atoms with van der Waals surface area (Å²) in [5.41, 5.74) is 8.16. The van der Waals surface area contributed by atoms with Crippen molar-refractivity contribution in [3.05, 3.63) is 29.3 Å². The molecule has 3 rings (SSSR count). The van der Waals surface area contributed by atoms with Gasteiger partial charge in [-0.05, 0) is 36.6 Å². The number of hydrogen-bond acceptors (Lipinski definition) is 3. The molecule has 1 aliphatic carbocycles. The number of fused-ring (bicyclic) bond motifs is 1. The molecule has 0 bridgehead atoms. The predicted molar refractivity (Wildman–Crippen MR) is 74.5 cm³/mol. The molecule has 2 unspecified atom stereocenters. The topological polar surface area (TPSA) is 52.3 Å². The van der Waals surface area contributed by atoms with E-state index in [9.17, 15) is 4.79 Å². The van der Waals surface area contributed by atoms with E-state index in [0.717, 1.165) is 55.6 Å². The van der Waals surface area contributed by atoms with Crippen molar-refractivity contribution >= 4 is 5.78 Å². The molecule has 2 aliphatic rings. The van der Waals surface area contributed by atoms with Gasteiger partial charge in [0.2, 0.25) is 0 Å². The molecule has 1 fully saturated rings. The van der Waals surface area contributed by atoms with Gasteiger partial charge in [0.25, 0.3) is 0 Å². The van der Waals surface area contributed by atoms with Crippen LogP contribution >= 0.6 is 0 Å². The number of hydrogen-bond donors (Lipinski definition) is 1. The Morgan fingerprint density at radius 1 is 1.21 bits per heavy atom. The summed E-state index contributed by atoms with van der Waals surface area (Å²) in [4.78, 5) is 12.6. The zero-order valence-electron chi connectivity index (χ0n) is 11.2. The van der Waals surface area contributed by atoms with Gasteiger partial charge >= 0.3 is 0 Å². The van der Waals surface area contributed by atoms with Crippen LogP contribution in [0, 0.1) is 5.92 Å². The van der Waals surface area contributed by atoms with Crippen molar-refractivity contribution in [3.63, 3.8) is 0 Å². The van der Waals surface area contributed by atoms with Crippen LogP contribution in [0.2, 0.25) is 0 Å². The zero-order valence-corrected chi connectivity index (χ0v) is 11.2. The summed E-state index contributed by atoms with van der Waals surface area (Å²) < 4.78 is 5.48. The molecule has 1 aliphatic heterocycles. The van der Waals surface area contributed by atoms with Gasteiger partial charge in [0, 0.05) is 23.9 Å². The molecular weight excluding hydrogens is 238 g/mol. The Labute approximate surface area is 114 Å². The Morgan fingerprint density at radius 2 is 2.05 bits per heavy atom. The number of benzene rings is 1. The molecule has 1 saturated carbocycles. The van der Waals surface area contributed by atoms with Crippen LogP contribution in [0.1, 0.15) is 48.0 Å². The van der Waals surface area contributed by atoms with Gasteiger partial charge in [-0.1, -0.05) is 19.3 Å². The van der Waals surface area contributed by atoms with Gasteiger partial charge in [0.1, 0.15) is 5.75 Å². The third kappa shape index (κ3) is 2.52. The molecule has 19 heavy (non-hydrogen) atoms. The largest absolute Gasteiger partial charge is 0.493 e. The quantitative estimate of drug-likeness (QED) is 0.656. The first kappa shape index (κ1) is 12.7. The first-order valence-corrected chi connectivity index (χ1v) is 7.31. The second kappa shape index (κ2) is 5.33. The summed E-state index contributed by atoms with van der Waals surface area (Å²) in [6, 6.07) is 5.85. The average molecular weight is 259 g/mol. The van der Waals surface area contributed by atoms with E-state index < -0.39 is 0 Å². The highest BCUT2D eigenvalue weighted by atomic mass is 16.5. The normalized spacial score (nSPS) is 26.4. The fourth-order valence-corrected chi connectivity index (χ4v) is 3.22. The second-order valence-corrected chi connectivity index (χ2v) is 5.69. The number of carbonyl (C=O) groups is 1. The fraction of sp³-hybridized carbons (Fsp3) is 0.562. The molecule has 0 aromatic heterocycles. The Bertz CT molecular complexity index is 484. The number of Topliss-reactive ketones (excluding diaryl/α,β-unsaturated/α-hetero) is 1. The molecule has 1 aromatic carbocycles. The molecule has 0 radical (unpaired) electrons. The SMILES string of the molecule is NC1CCCCCC1C(=O)c1ccc2c(c1)CCO2. The van der Waals surface area contributed by atoms with Crippen molar-refractivity contribution < 1.29 is 9.53 Å². The molecule has 2 atom stereocenters. The Morgan fingerprint density at radius 3 is 2.95 bits per heavy atom. The van der Waals surface area contributed by atoms with Gasteiger partial charge in [-0.3, -0.25) is 4.79 Å². The maximum atomic E-state index is 12.6. The standard InChI is InChI=1S/C16H21NO2/c17-14-5-3-1-2-4-13(14)16(18)12-6-7-15-11(10-12)8-9-19-15/h6-7,10,13-14H,1-5,8-9,17H2. The molecule has 2 N–H and O–H groups in total. The first-order valence-electron chi connectivity index (χ1n) is 7.31. The van der Waals surface area contributed by atoms with Gasteiger partial charge in [-0.25, -0.2) is 0 Å². The summed E-state index contributed by atoms with van der Waals surface area (Å²) in [6.07, 6.45) is 6.31. The van der Waals surface area contributed by atoms with E-state index >= 15 is 0 Å². The third-order valence-corrected chi connectivity index (χ3v) is 4.38. The van der Waals surface area contributed by atoms with Crippen LogP contribution in [0.4, 0.5) is 0 Å². The van der Waals surface area contributed by atoms with Crippen LogP contribution in [-0.4, -0.2) is 18.4 Å². The average Bonchev–Trinajstić information content (AvgIpc) is 2.79. The summed E-state index contributed by atoms with van der Waals surface area (Å²) in [7, 11) is 0. The summed E-state index contributed by atoms with van der Waals surface area (Å²) in [6.45, 7) is 0.732. The number of carbonyl (C=O) groups excluding carboxylic acids is 1. The van der Waals surface area contributed by atoms with E-state index in [1.165, 1.54) is 6.42 Å². The van der Waals surface area contributed by atoms with Crippen LogP contribution in [0.5, 0.6) is 5.75 Å². The van der Waals surface area contributed by atoms with Gasteiger partial charge in [0.15, 0.2) is 5.78 Å². The lowest BCUT2D eigenvalue weighted by Gasteiger charge is -2.20. The lowest BCUT2D eigenvalue weighted by atomic mass is 9.87. The minimum absolute atomic E-state index is 0.00266. The highest BCUT2D eigenvalue weighted by Crippen LogP contribution is 2.29. The molecule has 1 heterocycles. The van der Waals surface area contributed by atoms with Gasteiger partial charge in [-0.15, -0.1) is 0 Å². The van der Waals surface area contributed by atoms with Crippen molar-refractivity contribution in [3.8, 4) is 5.75 Å². The molecule has 0 amide bonds. The Hall–Kier alpha value is -1.35. The van der Waals surface area contributed by atoms with E-state index in [1.807, 2.05) is 18.2 Å². The van der Waals surface area contributed by atoms with Gasteiger partial charge in [-0.2, -0.15) is 0 Å². The highest BCUT2D eigenvalue weighted by Gasteiger charge is 2.28. The van der Waals surface area contributed by atoms with E-state index in [4.69, 9.17) is 10.5 Å². The highest BCUT2D eigenvalue weighted by molar-refractivity contribution is 5.98. The van der Waals surface area contributed by atoms with Gasteiger partial charge < -0.3 is 10.5 Å². The van der Waals surface area contributed by atoms with Crippen LogP contribution in [-0.2, 0) is 6.42 Å². The van der Waals surface area contributed by atoms with Crippen molar-refractivity contribution in [1.29, 1.82) is 0 Å². The minimum Gasteiger partial charge on any atom is -0.493 e. The second-order valence-electron chi connectivity index (χ2n) is 5.69. The molecule has 3 heteroatoms. The van der Waals surface area contributed by atoms with Crippen molar-refractivity contribution in [1.82, 2.24) is 0 Å². The lowest BCUT2D eigenvalue weighted by molar-refractivity contribution is 0.0894. The zero-order chi connectivity index (χ0) is 13.2. The predicted octanol–water partition coefficient (Wildman–Crippen LogP) is 2.71. The molecule has 3 nitrogen and oxygen atoms in total. The maximum Gasteiger partial charge on any atom is 0.167 e. The monoisotopic (exact) mass is 259 g/mol. The van der Waals surface area contributed by atoms with Crippen LogP contribution in [0.3, 0.4) is 0 Å². The fourth-order valence-electron chi connectivity index (χ4n) is 3.22.